The Morgan fingerprint density at radius 3 is 2.79 bits per heavy atom. The SMILES string of the molecule is Cc1cccn2c(=O)cc(CSc3nnc(NC(=O)Nc4ccccc4)s3)nc12. The summed E-state index contributed by atoms with van der Waals surface area (Å²) in [4.78, 5) is 28.9. The van der Waals surface area contributed by atoms with Crippen molar-refractivity contribution < 1.29 is 4.79 Å². The van der Waals surface area contributed by atoms with Gasteiger partial charge < -0.3 is 5.32 Å². The van der Waals surface area contributed by atoms with Gasteiger partial charge in [-0.15, -0.1) is 10.2 Å². The van der Waals surface area contributed by atoms with Gasteiger partial charge in [0.2, 0.25) is 5.13 Å². The van der Waals surface area contributed by atoms with E-state index in [2.05, 4.69) is 25.8 Å². The second-order valence-electron chi connectivity index (χ2n) is 6.08. The number of benzene rings is 1. The van der Waals surface area contributed by atoms with Crippen LogP contribution < -0.4 is 16.2 Å². The van der Waals surface area contributed by atoms with Crippen LogP contribution in [0.15, 0.2) is 63.9 Å². The maximum Gasteiger partial charge on any atom is 0.325 e. The quantitative estimate of drug-likeness (QED) is 0.373. The van der Waals surface area contributed by atoms with E-state index >= 15 is 0 Å². The molecule has 8 nitrogen and oxygen atoms in total. The molecule has 4 aromatic rings. The van der Waals surface area contributed by atoms with Crippen LogP contribution >= 0.6 is 23.1 Å². The summed E-state index contributed by atoms with van der Waals surface area (Å²) in [5.41, 5.74) is 2.82. The molecule has 0 atom stereocenters. The Labute approximate surface area is 174 Å². The first-order valence-electron chi connectivity index (χ1n) is 8.66. The standard InChI is InChI=1S/C19H16N6O2S2/c1-12-6-5-9-25-15(26)10-14(20-16(12)25)11-28-19-24-23-18(29-19)22-17(27)21-13-7-3-2-4-8-13/h2-10H,11H2,1H3,(H2,21,22,23,27). The van der Waals surface area contributed by atoms with E-state index in [4.69, 9.17) is 0 Å². The van der Waals surface area contributed by atoms with Gasteiger partial charge in [0, 0.05) is 23.7 Å². The number of rotatable bonds is 5. The van der Waals surface area contributed by atoms with Crippen molar-refractivity contribution in [3.8, 4) is 0 Å². The number of hydrogen-bond donors (Lipinski definition) is 2. The third-order valence-electron chi connectivity index (χ3n) is 3.94. The first kappa shape index (κ1) is 19.1. The molecule has 0 aliphatic heterocycles. The summed E-state index contributed by atoms with van der Waals surface area (Å²) < 4.78 is 2.20. The number of nitrogens with zero attached hydrogens (tertiary/aromatic N) is 4. The van der Waals surface area contributed by atoms with Crippen molar-refractivity contribution in [1.82, 2.24) is 19.6 Å². The average molecular weight is 425 g/mol. The van der Waals surface area contributed by atoms with Gasteiger partial charge in [0.1, 0.15) is 5.65 Å². The molecule has 0 unspecified atom stereocenters. The highest BCUT2D eigenvalue weighted by atomic mass is 32.2. The number of pyridine rings is 1. The first-order valence-corrected chi connectivity index (χ1v) is 10.5. The lowest BCUT2D eigenvalue weighted by atomic mass is 10.3. The molecule has 0 saturated heterocycles. The summed E-state index contributed by atoms with van der Waals surface area (Å²) in [6.45, 7) is 1.92. The molecule has 1 aromatic carbocycles. The summed E-state index contributed by atoms with van der Waals surface area (Å²) in [7, 11) is 0. The Kier molecular flexibility index (Phi) is 5.54. The molecular formula is C19H16N6O2S2. The van der Waals surface area contributed by atoms with E-state index in [0.717, 1.165) is 5.56 Å². The number of fused-ring (bicyclic) bond motifs is 1. The van der Waals surface area contributed by atoms with Crippen molar-refractivity contribution in [2.45, 2.75) is 17.0 Å². The summed E-state index contributed by atoms with van der Waals surface area (Å²) in [5, 5.41) is 13.8. The molecule has 0 aliphatic carbocycles. The molecule has 3 heterocycles. The van der Waals surface area contributed by atoms with Crippen LogP contribution in [0.2, 0.25) is 0 Å². The van der Waals surface area contributed by atoms with Gasteiger partial charge >= 0.3 is 6.03 Å². The molecule has 0 bridgehead atoms. The summed E-state index contributed by atoms with van der Waals surface area (Å²) in [5.74, 6) is 0.477. The second kappa shape index (κ2) is 8.41. The zero-order chi connectivity index (χ0) is 20.2. The van der Waals surface area contributed by atoms with Crippen LogP contribution in [0.4, 0.5) is 15.6 Å². The lowest BCUT2D eigenvalue weighted by molar-refractivity contribution is 0.262. The second-order valence-corrected chi connectivity index (χ2v) is 8.28. The third-order valence-corrected chi connectivity index (χ3v) is 5.95. The van der Waals surface area contributed by atoms with E-state index < -0.39 is 0 Å². The Morgan fingerprint density at radius 1 is 1.14 bits per heavy atom. The van der Waals surface area contributed by atoms with Crippen LogP contribution in [-0.4, -0.2) is 25.6 Å². The number of carbonyl (C=O) groups is 1. The molecule has 2 N–H and O–H groups in total. The topological polar surface area (TPSA) is 101 Å². The molecular weight excluding hydrogens is 408 g/mol. The number of anilines is 2. The first-order chi connectivity index (χ1) is 14.1. The van der Waals surface area contributed by atoms with Crippen LogP contribution in [0, 0.1) is 6.92 Å². The summed E-state index contributed by atoms with van der Waals surface area (Å²) >= 11 is 2.67. The number of aromatic nitrogens is 4. The number of urea groups is 1. The molecule has 29 heavy (non-hydrogen) atoms. The smallest absolute Gasteiger partial charge is 0.308 e. The predicted octanol–water partition coefficient (Wildman–Crippen LogP) is 3.79. The molecule has 4 rings (SSSR count). The van der Waals surface area contributed by atoms with E-state index in [9.17, 15) is 9.59 Å². The molecule has 3 aromatic heterocycles. The number of nitrogens with one attached hydrogen (secondary N) is 2. The molecule has 0 spiro atoms. The zero-order valence-corrected chi connectivity index (χ0v) is 17.0. The van der Waals surface area contributed by atoms with E-state index in [0.29, 0.717) is 32.3 Å². The Hall–Kier alpha value is -3.24. The molecule has 0 aliphatic rings. The van der Waals surface area contributed by atoms with Crippen LogP contribution in [0.3, 0.4) is 0 Å². The van der Waals surface area contributed by atoms with Gasteiger partial charge in [-0.3, -0.25) is 14.5 Å². The molecule has 2 amide bonds. The molecule has 0 radical (unpaired) electrons. The fraction of sp³-hybridized carbons (Fsp3) is 0.105. The van der Waals surface area contributed by atoms with Crippen molar-refractivity contribution in [2.24, 2.45) is 0 Å². The zero-order valence-electron chi connectivity index (χ0n) is 15.3. The minimum atomic E-state index is -0.386. The number of carbonyl (C=O) groups excluding carboxylic acids is 1. The van der Waals surface area contributed by atoms with Crippen molar-refractivity contribution in [2.75, 3.05) is 10.6 Å². The highest BCUT2D eigenvalue weighted by molar-refractivity contribution is 8.00. The maximum atomic E-state index is 12.3. The van der Waals surface area contributed by atoms with Crippen LogP contribution in [0.1, 0.15) is 11.3 Å². The summed E-state index contributed by atoms with van der Waals surface area (Å²) in [6.07, 6.45) is 1.71. The predicted molar refractivity (Wildman–Crippen MR) is 115 cm³/mol. The van der Waals surface area contributed by atoms with Gasteiger partial charge in [0.05, 0.1) is 5.69 Å². The van der Waals surface area contributed by atoms with Gasteiger partial charge in [-0.2, -0.15) is 0 Å². The molecule has 0 saturated carbocycles. The monoisotopic (exact) mass is 424 g/mol. The minimum absolute atomic E-state index is 0.119. The normalized spacial score (nSPS) is 10.8. The van der Waals surface area contributed by atoms with Crippen molar-refractivity contribution in [3.05, 3.63) is 76.3 Å². The fourth-order valence-electron chi connectivity index (χ4n) is 2.62. The number of para-hydroxylation sites is 1. The van der Waals surface area contributed by atoms with Crippen molar-refractivity contribution >= 4 is 45.6 Å². The number of thioether (sulfide) groups is 1. The minimum Gasteiger partial charge on any atom is -0.308 e. The highest BCUT2D eigenvalue weighted by Gasteiger charge is 2.10. The van der Waals surface area contributed by atoms with Gasteiger partial charge in [0.15, 0.2) is 4.34 Å². The van der Waals surface area contributed by atoms with Crippen LogP contribution in [0.25, 0.3) is 5.65 Å². The van der Waals surface area contributed by atoms with Crippen molar-refractivity contribution in [1.29, 1.82) is 0 Å². The van der Waals surface area contributed by atoms with Gasteiger partial charge in [-0.1, -0.05) is 47.4 Å². The lowest BCUT2D eigenvalue weighted by Crippen LogP contribution is -2.19. The van der Waals surface area contributed by atoms with E-state index in [-0.39, 0.29) is 11.6 Å². The van der Waals surface area contributed by atoms with Crippen LogP contribution in [0.5, 0.6) is 0 Å². The number of amides is 2. The van der Waals surface area contributed by atoms with Gasteiger partial charge in [-0.05, 0) is 30.7 Å². The largest absolute Gasteiger partial charge is 0.325 e. The van der Waals surface area contributed by atoms with Gasteiger partial charge in [-0.25, -0.2) is 9.78 Å². The average Bonchev–Trinajstić information content (AvgIpc) is 3.15. The van der Waals surface area contributed by atoms with E-state index in [1.54, 1.807) is 18.3 Å². The Morgan fingerprint density at radius 2 is 1.97 bits per heavy atom. The fourth-order valence-corrected chi connectivity index (χ4v) is 4.26. The Bertz CT molecular complexity index is 1220. The lowest BCUT2D eigenvalue weighted by Gasteiger charge is -2.05. The number of aryl methyl sites for hydroxylation is 1. The van der Waals surface area contributed by atoms with Gasteiger partial charge in [0.25, 0.3) is 5.56 Å². The summed E-state index contributed by atoms with van der Waals surface area (Å²) in [6, 6.07) is 14.0. The maximum absolute atomic E-state index is 12.3. The molecule has 10 heteroatoms. The van der Waals surface area contributed by atoms with E-state index in [1.165, 1.54) is 33.6 Å². The van der Waals surface area contributed by atoms with Crippen molar-refractivity contribution in [3.63, 3.8) is 0 Å². The third kappa shape index (κ3) is 4.61. The Balaban J connectivity index is 1.39. The number of hydrogen-bond acceptors (Lipinski definition) is 7. The van der Waals surface area contributed by atoms with Crippen LogP contribution in [-0.2, 0) is 5.75 Å². The highest BCUT2D eigenvalue weighted by Crippen LogP contribution is 2.28. The molecule has 0 fully saturated rings. The molecule has 146 valence electrons. The van der Waals surface area contributed by atoms with E-state index in [1.807, 2.05) is 37.3 Å².